The summed E-state index contributed by atoms with van der Waals surface area (Å²) in [6, 6.07) is 7.42. The molecule has 0 amide bonds. The SMILES string of the molecule is CCOC(=O)[C@]1(N)[C@H](c2ccc(C)cc2)[C@@H]1S(=O)(=O)CC. The molecule has 21 heavy (non-hydrogen) atoms. The summed E-state index contributed by atoms with van der Waals surface area (Å²) in [5, 5.41) is -0.906. The molecular formula is C15H21NO4S. The van der Waals surface area contributed by atoms with Gasteiger partial charge in [-0.2, -0.15) is 0 Å². The van der Waals surface area contributed by atoms with Gasteiger partial charge >= 0.3 is 5.97 Å². The highest BCUT2D eigenvalue weighted by atomic mass is 32.2. The minimum atomic E-state index is -3.43. The zero-order valence-corrected chi connectivity index (χ0v) is 13.3. The van der Waals surface area contributed by atoms with Crippen molar-refractivity contribution in [3.8, 4) is 0 Å². The second-order valence-corrected chi connectivity index (χ2v) is 7.82. The first-order valence-electron chi connectivity index (χ1n) is 7.03. The molecule has 2 N–H and O–H groups in total. The molecule has 0 aromatic heterocycles. The van der Waals surface area contributed by atoms with E-state index in [1.54, 1.807) is 13.8 Å². The first kappa shape index (κ1) is 16.0. The molecule has 1 aromatic rings. The molecule has 2 rings (SSSR count). The van der Waals surface area contributed by atoms with Gasteiger partial charge in [-0.05, 0) is 19.4 Å². The van der Waals surface area contributed by atoms with Crippen LogP contribution in [0.5, 0.6) is 0 Å². The number of benzene rings is 1. The van der Waals surface area contributed by atoms with Crippen molar-refractivity contribution in [1.29, 1.82) is 0 Å². The predicted octanol–water partition coefficient (Wildman–Crippen LogP) is 1.16. The van der Waals surface area contributed by atoms with Gasteiger partial charge in [-0.1, -0.05) is 36.8 Å². The van der Waals surface area contributed by atoms with E-state index < -0.39 is 32.5 Å². The van der Waals surface area contributed by atoms with Crippen molar-refractivity contribution in [2.24, 2.45) is 5.73 Å². The second-order valence-electron chi connectivity index (χ2n) is 5.41. The third-order valence-corrected chi connectivity index (χ3v) is 6.27. The number of esters is 1. The van der Waals surface area contributed by atoms with Crippen LogP contribution in [-0.4, -0.2) is 37.5 Å². The van der Waals surface area contributed by atoms with Gasteiger partial charge in [0.2, 0.25) is 0 Å². The highest BCUT2D eigenvalue weighted by Gasteiger charge is 2.74. The summed E-state index contributed by atoms with van der Waals surface area (Å²) in [4.78, 5) is 12.1. The normalized spacial score (nSPS) is 28.2. The Bertz CT molecular complexity index is 638. The maximum Gasteiger partial charge on any atom is 0.328 e. The molecule has 1 aromatic carbocycles. The summed E-state index contributed by atoms with van der Waals surface area (Å²) in [5.41, 5.74) is 6.50. The Kier molecular flexibility index (Phi) is 4.13. The molecule has 5 nitrogen and oxygen atoms in total. The van der Waals surface area contributed by atoms with Crippen LogP contribution in [0.15, 0.2) is 24.3 Å². The Morgan fingerprint density at radius 1 is 1.29 bits per heavy atom. The van der Waals surface area contributed by atoms with E-state index in [-0.39, 0.29) is 12.4 Å². The van der Waals surface area contributed by atoms with Gasteiger partial charge in [0.25, 0.3) is 0 Å². The van der Waals surface area contributed by atoms with E-state index in [1.165, 1.54) is 0 Å². The molecule has 1 saturated carbocycles. The molecular weight excluding hydrogens is 290 g/mol. The summed E-state index contributed by atoms with van der Waals surface area (Å²) in [6.45, 7) is 5.36. The average molecular weight is 311 g/mol. The monoisotopic (exact) mass is 311 g/mol. The van der Waals surface area contributed by atoms with Crippen LogP contribution in [0, 0.1) is 6.92 Å². The van der Waals surface area contributed by atoms with E-state index in [2.05, 4.69) is 0 Å². The zero-order chi connectivity index (χ0) is 15.8. The lowest BCUT2D eigenvalue weighted by Gasteiger charge is -2.11. The van der Waals surface area contributed by atoms with Crippen LogP contribution in [0.2, 0.25) is 0 Å². The van der Waals surface area contributed by atoms with Crippen molar-refractivity contribution in [2.45, 2.75) is 37.5 Å². The smallest absolute Gasteiger partial charge is 0.328 e. The topological polar surface area (TPSA) is 86.5 Å². The maximum atomic E-state index is 12.2. The maximum absolute atomic E-state index is 12.2. The molecule has 3 atom stereocenters. The third kappa shape index (κ3) is 2.58. The van der Waals surface area contributed by atoms with E-state index in [9.17, 15) is 13.2 Å². The largest absolute Gasteiger partial charge is 0.465 e. The van der Waals surface area contributed by atoms with Crippen LogP contribution in [0.1, 0.15) is 30.9 Å². The Morgan fingerprint density at radius 2 is 1.86 bits per heavy atom. The number of carbonyl (C=O) groups is 1. The highest BCUT2D eigenvalue weighted by Crippen LogP contribution is 2.55. The quantitative estimate of drug-likeness (QED) is 0.825. The van der Waals surface area contributed by atoms with Crippen LogP contribution >= 0.6 is 0 Å². The first-order valence-corrected chi connectivity index (χ1v) is 8.74. The van der Waals surface area contributed by atoms with Crippen molar-refractivity contribution in [3.63, 3.8) is 0 Å². The van der Waals surface area contributed by atoms with Gasteiger partial charge in [0, 0.05) is 11.7 Å². The Labute approximate surface area is 125 Å². The lowest BCUT2D eigenvalue weighted by molar-refractivity contribution is -0.145. The van der Waals surface area contributed by atoms with Crippen molar-refractivity contribution in [2.75, 3.05) is 12.4 Å². The number of carbonyl (C=O) groups excluding carboxylic acids is 1. The van der Waals surface area contributed by atoms with Crippen molar-refractivity contribution in [1.82, 2.24) is 0 Å². The molecule has 0 spiro atoms. The number of rotatable bonds is 5. The number of ether oxygens (including phenoxy) is 1. The molecule has 0 saturated heterocycles. The van der Waals surface area contributed by atoms with Gasteiger partial charge in [0.1, 0.15) is 5.54 Å². The number of nitrogens with two attached hydrogens (primary N) is 1. The van der Waals surface area contributed by atoms with Crippen LogP contribution < -0.4 is 5.73 Å². The number of sulfone groups is 1. The summed E-state index contributed by atoms with van der Waals surface area (Å²) in [7, 11) is -3.43. The average Bonchev–Trinajstić information content (AvgIpc) is 3.09. The molecule has 0 heterocycles. The Balaban J connectivity index is 2.42. The van der Waals surface area contributed by atoms with Crippen molar-refractivity contribution in [3.05, 3.63) is 35.4 Å². The summed E-state index contributed by atoms with van der Waals surface area (Å²) < 4.78 is 29.5. The van der Waals surface area contributed by atoms with Crippen LogP contribution in [0.4, 0.5) is 0 Å². The number of hydrogen-bond acceptors (Lipinski definition) is 5. The lowest BCUT2D eigenvalue weighted by Crippen LogP contribution is -2.41. The first-order chi connectivity index (χ1) is 9.79. The van der Waals surface area contributed by atoms with Crippen LogP contribution in [-0.2, 0) is 19.4 Å². The number of aryl methyl sites for hydroxylation is 1. The third-order valence-electron chi connectivity index (χ3n) is 4.03. The second kappa shape index (κ2) is 5.42. The van der Waals surface area contributed by atoms with E-state index in [0.29, 0.717) is 0 Å². The standard InChI is InChI=1S/C15H21NO4S/c1-4-20-14(17)15(16)12(13(15)21(18,19)5-2)11-8-6-10(3)7-9-11/h6-9,12-13H,4-5,16H2,1-3H3/t12-,13+,15+/m1/s1. The summed E-state index contributed by atoms with van der Waals surface area (Å²) >= 11 is 0. The zero-order valence-electron chi connectivity index (χ0n) is 12.5. The van der Waals surface area contributed by atoms with Gasteiger partial charge in [-0.3, -0.25) is 0 Å². The van der Waals surface area contributed by atoms with Gasteiger partial charge in [0.15, 0.2) is 9.84 Å². The van der Waals surface area contributed by atoms with E-state index in [1.807, 2.05) is 31.2 Å². The van der Waals surface area contributed by atoms with Gasteiger partial charge in [-0.25, -0.2) is 13.2 Å². The fraction of sp³-hybridized carbons (Fsp3) is 0.533. The minimum Gasteiger partial charge on any atom is -0.465 e. The van der Waals surface area contributed by atoms with E-state index in [0.717, 1.165) is 11.1 Å². The molecule has 6 heteroatoms. The number of hydrogen-bond donors (Lipinski definition) is 1. The molecule has 116 valence electrons. The van der Waals surface area contributed by atoms with E-state index in [4.69, 9.17) is 10.5 Å². The fourth-order valence-corrected chi connectivity index (χ4v) is 4.70. The molecule has 0 bridgehead atoms. The summed E-state index contributed by atoms with van der Waals surface area (Å²) in [6.07, 6.45) is 0. The molecule has 1 aliphatic carbocycles. The Hall–Kier alpha value is -1.40. The Morgan fingerprint density at radius 3 is 2.33 bits per heavy atom. The van der Waals surface area contributed by atoms with Crippen LogP contribution in [0.3, 0.4) is 0 Å². The molecule has 1 aliphatic rings. The van der Waals surface area contributed by atoms with E-state index >= 15 is 0 Å². The lowest BCUT2D eigenvalue weighted by atomic mass is 10.1. The fourth-order valence-electron chi connectivity index (χ4n) is 2.78. The molecule has 0 radical (unpaired) electrons. The summed E-state index contributed by atoms with van der Waals surface area (Å²) in [5.74, 6) is -1.22. The van der Waals surface area contributed by atoms with Crippen LogP contribution in [0.25, 0.3) is 0 Å². The van der Waals surface area contributed by atoms with Gasteiger partial charge in [0.05, 0.1) is 11.9 Å². The van der Waals surface area contributed by atoms with Gasteiger partial charge < -0.3 is 10.5 Å². The van der Waals surface area contributed by atoms with Crippen molar-refractivity contribution >= 4 is 15.8 Å². The van der Waals surface area contributed by atoms with Gasteiger partial charge in [-0.15, -0.1) is 0 Å². The highest BCUT2D eigenvalue weighted by molar-refractivity contribution is 7.92. The predicted molar refractivity (Wildman–Crippen MR) is 80.7 cm³/mol. The molecule has 0 unspecified atom stereocenters. The molecule has 1 fully saturated rings. The minimum absolute atomic E-state index is 0.0433. The van der Waals surface area contributed by atoms with Crippen molar-refractivity contribution < 1.29 is 17.9 Å². The molecule has 0 aliphatic heterocycles.